The van der Waals surface area contributed by atoms with Crippen molar-refractivity contribution in [3.8, 4) is 6.07 Å². The van der Waals surface area contributed by atoms with Gasteiger partial charge in [-0.2, -0.15) is 5.26 Å². The second-order valence-electron chi connectivity index (χ2n) is 5.68. The Kier molecular flexibility index (Phi) is 5.64. The molecule has 1 unspecified atom stereocenters. The van der Waals surface area contributed by atoms with Crippen LogP contribution in [-0.2, 0) is 9.53 Å². The zero-order valence-electron chi connectivity index (χ0n) is 13.4. The van der Waals surface area contributed by atoms with E-state index in [0.717, 1.165) is 0 Å². The molecule has 0 radical (unpaired) electrons. The Morgan fingerprint density at radius 3 is 1.92 bits per heavy atom. The van der Waals surface area contributed by atoms with Gasteiger partial charge >= 0.3 is 5.97 Å². The summed E-state index contributed by atoms with van der Waals surface area (Å²) in [6, 6.07) is 13.1. The molecule has 0 saturated heterocycles. The van der Waals surface area contributed by atoms with Gasteiger partial charge in [0.1, 0.15) is 11.6 Å². The van der Waals surface area contributed by atoms with Crippen molar-refractivity contribution in [3.05, 3.63) is 71.3 Å². The fraction of sp³-hybridized carbons (Fsp3) is 0.263. The minimum absolute atomic E-state index is 0.394. The van der Waals surface area contributed by atoms with Gasteiger partial charge < -0.3 is 4.74 Å². The zero-order chi connectivity index (χ0) is 17.7. The molecule has 0 aliphatic carbocycles. The molecule has 24 heavy (non-hydrogen) atoms. The number of benzene rings is 2. The van der Waals surface area contributed by atoms with Gasteiger partial charge in [0.25, 0.3) is 0 Å². The van der Waals surface area contributed by atoms with E-state index in [0.29, 0.717) is 11.1 Å². The number of esters is 1. The van der Waals surface area contributed by atoms with Gasteiger partial charge in [-0.15, -0.1) is 0 Å². The quantitative estimate of drug-likeness (QED) is 0.773. The zero-order valence-corrected chi connectivity index (χ0v) is 13.4. The number of carbonyl (C=O) groups is 1. The lowest BCUT2D eigenvalue weighted by atomic mass is 9.81. The average Bonchev–Trinajstić information content (AvgIpc) is 2.51. The Morgan fingerprint density at radius 2 is 1.54 bits per heavy atom. The van der Waals surface area contributed by atoms with Crippen LogP contribution in [0.3, 0.4) is 0 Å². The SMILES string of the molecule is CC(C)OC(=O)C(C#N)C(c1cccc(F)c1)c1cccc(F)c1. The van der Waals surface area contributed by atoms with Gasteiger partial charge in [0, 0.05) is 5.92 Å². The number of hydrogen-bond acceptors (Lipinski definition) is 3. The number of rotatable bonds is 5. The minimum Gasteiger partial charge on any atom is -0.462 e. The molecule has 0 aliphatic rings. The van der Waals surface area contributed by atoms with E-state index in [1.807, 2.05) is 6.07 Å². The monoisotopic (exact) mass is 329 g/mol. The molecule has 0 fully saturated rings. The highest BCUT2D eigenvalue weighted by atomic mass is 19.1. The van der Waals surface area contributed by atoms with Crippen LogP contribution >= 0.6 is 0 Å². The predicted molar refractivity (Wildman–Crippen MR) is 85.0 cm³/mol. The van der Waals surface area contributed by atoms with Gasteiger partial charge in [0.15, 0.2) is 5.92 Å². The Bertz CT molecular complexity index is 722. The van der Waals surface area contributed by atoms with Crippen molar-refractivity contribution < 1.29 is 18.3 Å². The molecule has 5 heteroatoms. The maximum Gasteiger partial charge on any atom is 0.324 e. The highest BCUT2D eigenvalue weighted by Crippen LogP contribution is 2.33. The molecule has 0 heterocycles. The molecular formula is C19H17F2NO2. The summed E-state index contributed by atoms with van der Waals surface area (Å²) in [6.45, 7) is 3.34. The van der Waals surface area contributed by atoms with Gasteiger partial charge in [-0.25, -0.2) is 8.78 Å². The Hall–Kier alpha value is -2.74. The van der Waals surface area contributed by atoms with E-state index in [4.69, 9.17) is 4.74 Å². The number of hydrogen-bond donors (Lipinski definition) is 0. The van der Waals surface area contributed by atoms with E-state index >= 15 is 0 Å². The summed E-state index contributed by atoms with van der Waals surface area (Å²) in [5.41, 5.74) is 0.820. The largest absolute Gasteiger partial charge is 0.462 e. The summed E-state index contributed by atoms with van der Waals surface area (Å²) in [6.07, 6.45) is -0.394. The van der Waals surface area contributed by atoms with Crippen molar-refractivity contribution in [1.82, 2.24) is 0 Å². The van der Waals surface area contributed by atoms with Crippen LogP contribution in [0.2, 0.25) is 0 Å². The Labute approximate surface area is 139 Å². The van der Waals surface area contributed by atoms with Gasteiger partial charge in [-0.3, -0.25) is 4.79 Å². The van der Waals surface area contributed by atoms with Crippen molar-refractivity contribution in [2.24, 2.45) is 5.92 Å². The maximum absolute atomic E-state index is 13.6. The van der Waals surface area contributed by atoms with Crippen LogP contribution in [0.15, 0.2) is 48.5 Å². The molecule has 0 aliphatic heterocycles. The van der Waals surface area contributed by atoms with Crippen LogP contribution in [0.25, 0.3) is 0 Å². The smallest absolute Gasteiger partial charge is 0.324 e. The summed E-state index contributed by atoms with van der Waals surface area (Å²) in [5, 5.41) is 9.50. The number of nitrogens with zero attached hydrogens (tertiary/aromatic N) is 1. The van der Waals surface area contributed by atoms with Gasteiger partial charge in [0.2, 0.25) is 0 Å². The molecule has 0 N–H and O–H groups in total. The Morgan fingerprint density at radius 1 is 1.04 bits per heavy atom. The van der Waals surface area contributed by atoms with E-state index in [1.54, 1.807) is 26.0 Å². The molecule has 2 rings (SSSR count). The van der Waals surface area contributed by atoms with Crippen LogP contribution in [0.5, 0.6) is 0 Å². The normalized spacial score (nSPS) is 12.0. The fourth-order valence-electron chi connectivity index (χ4n) is 2.55. The highest BCUT2D eigenvalue weighted by Gasteiger charge is 2.33. The summed E-state index contributed by atoms with van der Waals surface area (Å²) < 4.78 is 32.4. The average molecular weight is 329 g/mol. The second-order valence-corrected chi connectivity index (χ2v) is 5.68. The molecule has 0 spiro atoms. The Balaban J connectivity index is 2.53. The van der Waals surface area contributed by atoms with Crippen molar-refractivity contribution in [2.45, 2.75) is 25.9 Å². The molecule has 2 aromatic rings. The number of ether oxygens (including phenoxy) is 1. The van der Waals surface area contributed by atoms with Gasteiger partial charge in [-0.05, 0) is 49.2 Å². The predicted octanol–water partition coefficient (Wildman–Crippen LogP) is 4.19. The first-order valence-electron chi connectivity index (χ1n) is 7.53. The summed E-state index contributed by atoms with van der Waals surface area (Å²) in [7, 11) is 0. The van der Waals surface area contributed by atoms with Crippen LogP contribution in [0.1, 0.15) is 30.9 Å². The first kappa shape index (κ1) is 17.6. The molecule has 3 nitrogen and oxygen atoms in total. The topological polar surface area (TPSA) is 50.1 Å². The molecule has 0 saturated carbocycles. The lowest BCUT2D eigenvalue weighted by molar-refractivity contribution is -0.150. The summed E-state index contributed by atoms with van der Waals surface area (Å²) in [4.78, 5) is 12.3. The van der Waals surface area contributed by atoms with Crippen LogP contribution in [-0.4, -0.2) is 12.1 Å². The number of nitriles is 1. The second kappa shape index (κ2) is 7.69. The van der Waals surface area contributed by atoms with Crippen molar-refractivity contribution >= 4 is 5.97 Å². The van der Waals surface area contributed by atoms with Crippen LogP contribution < -0.4 is 0 Å². The first-order chi connectivity index (χ1) is 11.4. The molecule has 0 amide bonds. The fourth-order valence-corrected chi connectivity index (χ4v) is 2.55. The number of carbonyl (C=O) groups excluding carboxylic acids is 1. The van der Waals surface area contributed by atoms with Crippen molar-refractivity contribution in [3.63, 3.8) is 0 Å². The third kappa shape index (κ3) is 4.17. The molecule has 0 bridgehead atoms. The molecule has 2 aromatic carbocycles. The number of halogens is 2. The van der Waals surface area contributed by atoms with E-state index in [-0.39, 0.29) is 0 Å². The lowest BCUT2D eigenvalue weighted by Gasteiger charge is -2.23. The van der Waals surface area contributed by atoms with E-state index in [9.17, 15) is 18.8 Å². The van der Waals surface area contributed by atoms with E-state index < -0.39 is 35.5 Å². The van der Waals surface area contributed by atoms with Crippen molar-refractivity contribution in [2.75, 3.05) is 0 Å². The standard InChI is InChI=1S/C19H17F2NO2/c1-12(2)24-19(23)17(11-22)18(13-5-3-7-15(20)9-13)14-6-4-8-16(21)10-14/h3-10,12,17-18H,1-2H3. The summed E-state index contributed by atoms with van der Waals surface area (Å²) >= 11 is 0. The molecular weight excluding hydrogens is 312 g/mol. The van der Waals surface area contributed by atoms with Crippen LogP contribution in [0.4, 0.5) is 8.78 Å². The molecule has 0 aromatic heterocycles. The summed E-state index contributed by atoms with van der Waals surface area (Å²) in [5.74, 6) is -3.75. The third-order valence-corrected chi connectivity index (χ3v) is 3.49. The lowest BCUT2D eigenvalue weighted by Crippen LogP contribution is -2.26. The van der Waals surface area contributed by atoms with Crippen LogP contribution in [0, 0.1) is 28.9 Å². The maximum atomic E-state index is 13.6. The highest BCUT2D eigenvalue weighted by molar-refractivity contribution is 5.77. The van der Waals surface area contributed by atoms with E-state index in [1.165, 1.54) is 36.4 Å². The van der Waals surface area contributed by atoms with Gasteiger partial charge in [0.05, 0.1) is 12.2 Å². The third-order valence-electron chi connectivity index (χ3n) is 3.49. The van der Waals surface area contributed by atoms with Gasteiger partial charge in [-0.1, -0.05) is 24.3 Å². The minimum atomic E-state index is -1.21. The van der Waals surface area contributed by atoms with E-state index in [2.05, 4.69) is 0 Å². The first-order valence-corrected chi connectivity index (χ1v) is 7.53. The molecule has 1 atom stereocenters. The van der Waals surface area contributed by atoms with Crippen molar-refractivity contribution in [1.29, 1.82) is 5.26 Å². The molecule has 124 valence electrons.